The molecule has 36 valence electrons. The first-order valence-electron chi connectivity index (χ1n) is 1.39. The lowest BCUT2D eigenvalue weighted by molar-refractivity contribution is 1.42. The fourth-order valence-corrected chi connectivity index (χ4v) is 0. The van der Waals surface area contributed by atoms with Crippen molar-refractivity contribution in [1.29, 1.82) is 10.8 Å². The zero-order chi connectivity index (χ0) is 5.58. The molecule has 0 bridgehead atoms. The topological polar surface area (TPSA) is 73.7 Å². The summed E-state index contributed by atoms with van der Waals surface area (Å²) >= 11 is 0. The molecule has 0 unspecified atom stereocenters. The predicted molar refractivity (Wildman–Crippen MR) is 27.4 cm³/mol. The first kappa shape index (κ1) is 8.94. The largest absolute Gasteiger partial charge is 0.388 e. The van der Waals surface area contributed by atoms with Crippen LogP contribution < -0.4 is 5.73 Å². The summed E-state index contributed by atoms with van der Waals surface area (Å²) in [5.41, 5.74) is 4.69. The van der Waals surface area contributed by atoms with E-state index in [0.29, 0.717) is 0 Å². The summed E-state index contributed by atoms with van der Waals surface area (Å²) in [4.78, 5) is 0. The van der Waals surface area contributed by atoms with Crippen molar-refractivity contribution >= 4 is 12.6 Å². The molecular weight excluding hydrogens is 78.1 g/mol. The Hall–Kier alpha value is -0.860. The van der Waals surface area contributed by atoms with Gasteiger partial charge >= 0.3 is 0 Å². The molecule has 0 aromatic heterocycles. The van der Waals surface area contributed by atoms with Crippen LogP contribution >= 0.6 is 0 Å². The number of rotatable bonds is 0. The minimum Gasteiger partial charge on any atom is -0.388 e. The summed E-state index contributed by atoms with van der Waals surface area (Å²) in [7, 11) is 0. The summed E-state index contributed by atoms with van der Waals surface area (Å²) in [5, 5.41) is 11.8. The Labute approximate surface area is 37.2 Å². The van der Waals surface area contributed by atoms with Gasteiger partial charge in [0.15, 0.2) is 0 Å². The van der Waals surface area contributed by atoms with Gasteiger partial charge in [-0.3, -0.25) is 5.41 Å². The Morgan fingerprint density at radius 1 is 1.67 bits per heavy atom. The van der Waals surface area contributed by atoms with Gasteiger partial charge in [-0.05, 0) is 13.6 Å². The van der Waals surface area contributed by atoms with Gasteiger partial charge in [-0.15, -0.1) is 0 Å². The number of nitrogens with one attached hydrogen (secondary N) is 2. The first-order chi connectivity index (χ1) is 2.73. The highest BCUT2D eigenvalue weighted by Gasteiger charge is 1.53. The standard InChI is InChI=1S/C2H6N2.CH3N/c1-2(3)4;1-2/h1H3,(H3,3,4);2H,1H2. The second kappa shape index (κ2) is 8.91. The van der Waals surface area contributed by atoms with E-state index in [-0.39, 0.29) is 5.84 Å². The summed E-state index contributed by atoms with van der Waals surface area (Å²) < 4.78 is 0. The van der Waals surface area contributed by atoms with Crippen LogP contribution in [0.4, 0.5) is 0 Å². The lowest BCUT2D eigenvalue weighted by Gasteiger charge is -1.66. The quantitative estimate of drug-likeness (QED) is 0.286. The van der Waals surface area contributed by atoms with E-state index < -0.39 is 0 Å². The molecule has 0 saturated carbocycles. The fourth-order valence-electron chi connectivity index (χ4n) is 0. The van der Waals surface area contributed by atoms with Crippen LogP contribution in [0, 0.1) is 10.8 Å². The molecule has 0 radical (unpaired) electrons. The molecule has 3 nitrogen and oxygen atoms in total. The molecule has 0 spiro atoms. The highest BCUT2D eigenvalue weighted by Crippen LogP contribution is 1.36. The van der Waals surface area contributed by atoms with E-state index in [2.05, 4.69) is 6.72 Å². The molecule has 0 rings (SSSR count). The number of nitrogens with two attached hydrogens (primary N) is 1. The van der Waals surface area contributed by atoms with Crippen molar-refractivity contribution in [2.24, 2.45) is 5.73 Å². The van der Waals surface area contributed by atoms with Gasteiger partial charge in [-0.25, -0.2) is 0 Å². The van der Waals surface area contributed by atoms with Gasteiger partial charge in [0.1, 0.15) is 0 Å². The van der Waals surface area contributed by atoms with Gasteiger partial charge in [0.2, 0.25) is 0 Å². The summed E-state index contributed by atoms with van der Waals surface area (Å²) in [6.07, 6.45) is 0. The molecule has 0 aliphatic rings. The van der Waals surface area contributed by atoms with E-state index >= 15 is 0 Å². The second-order valence-corrected chi connectivity index (χ2v) is 0.683. The lowest BCUT2D eigenvalue weighted by atomic mass is 10.8. The van der Waals surface area contributed by atoms with Crippen LogP contribution in [0.25, 0.3) is 0 Å². The number of hydrogen-bond acceptors (Lipinski definition) is 2. The second-order valence-electron chi connectivity index (χ2n) is 0.683. The summed E-state index contributed by atoms with van der Waals surface area (Å²) in [6.45, 7) is 4.03. The molecule has 0 saturated heterocycles. The van der Waals surface area contributed by atoms with Crippen molar-refractivity contribution in [2.45, 2.75) is 6.92 Å². The Balaban J connectivity index is 0. The molecule has 0 amide bonds. The normalized spacial score (nSPS) is 4.83. The van der Waals surface area contributed by atoms with E-state index in [1.54, 1.807) is 0 Å². The predicted octanol–water partition coefficient (Wildman–Crippen LogP) is 0.208. The third-order valence-corrected chi connectivity index (χ3v) is 0. The van der Waals surface area contributed by atoms with Gasteiger partial charge in [0.25, 0.3) is 0 Å². The smallest absolute Gasteiger partial charge is 0.0873 e. The maximum atomic E-state index is 6.28. The molecule has 6 heavy (non-hydrogen) atoms. The van der Waals surface area contributed by atoms with Gasteiger partial charge in [0, 0.05) is 0 Å². The minimum absolute atomic E-state index is 0.167. The van der Waals surface area contributed by atoms with Gasteiger partial charge in [0.05, 0.1) is 5.84 Å². The monoisotopic (exact) mass is 87.1 g/mol. The molecular formula is C3H9N3. The maximum absolute atomic E-state index is 6.28. The molecule has 4 N–H and O–H groups in total. The molecule has 0 atom stereocenters. The van der Waals surface area contributed by atoms with Crippen molar-refractivity contribution in [1.82, 2.24) is 0 Å². The van der Waals surface area contributed by atoms with Crippen LogP contribution in [0.15, 0.2) is 0 Å². The van der Waals surface area contributed by atoms with Crippen LogP contribution in [0.5, 0.6) is 0 Å². The minimum atomic E-state index is 0.167. The van der Waals surface area contributed by atoms with Crippen molar-refractivity contribution < 1.29 is 0 Å². The van der Waals surface area contributed by atoms with E-state index in [0.717, 1.165) is 0 Å². The van der Waals surface area contributed by atoms with Crippen molar-refractivity contribution in [2.75, 3.05) is 0 Å². The van der Waals surface area contributed by atoms with E-state index in [4.69, 9.17) is 16.6 Å². The Bertz CT molecular complexity index is 37.3. The maximum Gasteiger partial charge on any atom is 0.0873 e. The fraction of sp³-hybridized carbons (Fsp3) is 0.333. The summed E-state index contributed by atoms with van der Waals surface area (Å²) in [6, 6.07) is 0. The molecule has 0 aromatic rings. The first-order valence-corrected chi connectivity index (χ1v) is 1.39. The molecule has 0 aromatic carbocycles. The van der Waals surface area contributed by atoms with Crippen LogP contribution in [0.1, 0.15) is 6.92 Å². The average Bonchev–Trinajstić information content (AvgIpc) is 1.41. The Morgan fingerprint density at radius 2 is 1.67 bits per heavy atom. The molecule has 0 aliphatic carbocycles. The molecule has 0 heterocycles. The highest BCUT2D eigenvalue weighted by molar-refractivity contribution is 5.73. The zero-order valence-corrected chi connectivity index (χ0v) is 3.78. The highest BCUT2D eigenvalue weighted by atomic mass is 14.7. The van der Waals surface area contributed by atoms with Gasteiger partial charge in [-0.1, -0.05) is 0 Å². The van der Waals surface area contributed by atoms with Gasteiger partial charge in [-0.2, -0.15) is 0 Å². The summed E-state index contributed by atoms with van der Waals surface area (Å²) in [5.74, 6) is 0.167. The Morgan fingerprint density at radius 3 is 1.67 bits per heavy atom. The van der Waals surface area contributed by atoms with Crippen LogP contribution in [-0.4, -0.2) is 12.6 Å². The van der Waals surface area contributed by atoms with Crippen LogP contribution in [-0.2, 0) is 0 Å². The van der Waals surface area contributed by atoms with Crippen LogP contribution in [0.2, 0.25) is 0 Å². The van der Waals surface area contributed by atoms with Crippen molar-refractivity contribution in [3.05, 3.63) is 0 Å². The van der Waals surface area contributed by atoms with E-state index in [1.165, 1.54) is 6.92 Å². The van der Waals surface area contributed by atoms with E-state index in [9.17, 15) is 0 Å². The van der Waals surface area contributed by atoms with Gasteiger partial charge < -0.3 is 11.1 Å². The molecule has 0 fully saturated rings. The van der Waals surface area contributed by atoms with Crippen molar-refractivity contribution in [3.8, 4) is 0 Å². The molecule has 3 heteroatoms. The number of hydrogen-bond donors (Lipinski definition) is 3. The third kappa shape index (κ3) is 19.4. The number of amidine groups is 1. The zero-order valence-electron chi connectivity index (χ0n) is 3.78. The lowest BCUT2D eigenvalue weighted by Crippen LogP contribution is -2.00. The van der Waals surface area contributed by atoms with Crippen LogP contribution in [0.3, 0.4) is 0 Å². The molecule has 0 aliphatic heterocycles. The Kier molecular flexibility index (Phi) is 13.3. The van der Waals surface area contributed by atoms with E-state index in [1.807, 2.05) is 0 Å². The van der Waals surface area contributed by atoms with Crippen molar-refractivity contribution in [3.63, 3.8) is 0 Å². The third-order valence-electron chi connectivity index (χ3n) is 0. The SMILES string of the molecule is C=N.CC(=N)N. The average molecular weight is 87.1 g/mol.